The van der Waals surface area contributed by atoms with Crippen LogP contribution in [0.2, 0.25) is 0 Å². The van der Waals surface area contributed by atoms with Crippen LogP contribution in [-0.4, -0.2) is 49.6 Å². The third-order valence-electron chi connectivity index (χ3n) is 2.79. The number of aryl methyl sites for hydroxylation is 1. The number of hydrogen-bond donors (Lipinski definition) is 2. The molecule has 0 radical (unpaired) electrons. The Morgan fingerprint density at radius 3 is 2.77 bits per heavy atom. The number of carbonyl (C=O) groups is 1. The summed E-state index contributed by atoms with van der Waals surface area (Å²) in [5, 5.41) is 18.7. The fourth-order valence-electron chi connectivity index (χ4n) is 1.67. The predicted octanol–water partition coefficient (Wildman–Crippen LogP) is -0.678. The molecule has 1 atom stereocenters. The molecule has 0 aliphatic heterocycles. The van der Waals surface area contributed by atoms with Gasteiger partial charge in [0.2, 0.25) is 0 Å². The molecular weight excluding hydrogens is 300 g/mol. The van der Waals surface area contributed by atoms with Crippen LogP contribution in [-0.2, 0) is 7.05 Å². The summed E-state index contributed by atoms with van der Waals surface area (Å²) in [5.41, 5.74) is -0.644. The lowest BCUT2D eigenvalue weighted by molar-refractivity contribution is -0.00271. The van der Waals surface area contributed by atoms with E-state index in [1.165, 1.54) is 29.3 Å². The lowest BCUT2D eigenvalue weighted by Gasteiger charge is -2.10. The van der Waals surface area contributed by atoms with Gasteiger partial charge in [0.05, 0.1) is 12.4 Å². The van der Waals surface area contributed by atoms with E-state index in [9.17, 15) is 18.4 Å². The Balaban J connectivity index is 2.22. The molecule has 8 nitrogen and oxygen atoms in total. The fraction of sp³-hybridized carbons (Fsp3) is 0.333. The summed E-state index contributed by atoms with van der Waals surface area (Å²) in [7, 11) is 1.65. The molecule has 2 heterocycles. The average molecular weight is 313 g/mol. The first kappa shape index (κ1) is 15.8. The molecule has 0 bridgehead atoms. The number of rotatable bonds is 5. The number of aliphatic hydroxyl groups is 1. The van der Waals surface area contributed by atoms with Crippen LogP contribution in [0.3, 0.4) is 0 Å². The average Bonchev–Trinajstić information content (AvgIpc) is 2.90. The van der Waals surface area contributed by atoms with Crippen molar-refractivity contribution in [3.8, 4) is 5.69 Å². The van der Waals surface area contributed by atoms with Crippen molar-refractivity contribution in [2.45, 2.75) is 12.5 Å². The Hall–Kier alpha value is -2.62. The largest absolute Gasteiger partial charge is 0.385 e. The molecule has 2 N–H and O–H groups in total. The highest BCUT2D eigenvalue weighted by Gasteiger charge is 2.20. The quantitative estimate of drug-likeness (QED) is 0.761. The fourth-order valence-corrected chi connectivity index (χ4v) is 1.67. The molecule has 0 saturated carbocycles. The molecule has 1 amide bonds. The Kier molecular flexibility index (Phi) is 4.61. The number of halogens is 2. The topological polar surface area (TPSA) is 102 Å². The number of alkyl halides is 2. The van der Waals surface area contributed by atoms with Crippen LogP contribution in [0.15, 0.2) is 29.5 Å². The molecule has 0 aliphatic carbocycles. The maximum absolute atomic E-state index is 12.2. The second kappa shape index (κ2) is 6.43. The van der Waals surface area contributed by atoms with E-state index in [0.29, 0.717) is 5.69 Å². The van der Waals surface area contributed by atoms with Gasteiger partial charge in [-0.25, -0.2) is 8.78 Å². The molecule has 0 aromatic carbocycles. The van der Waals surface area contributed by atoms with E-state index in [4.69, 9.17) is 5.11 Å². The summed E-state index contributed by atoms with van der Waals surface area (Å²) in [6.45, 7) is -0.662. The van der Waals surface area contributed by atoms with Gasteiger partial charge in [-0.3, -0.25) is 14.3 Å². The summed E-state index contributed by atoms with van der Waals surface area (Å²) in [5.74, 6) is -0.871. The second-order valence-electron chi connectivity index (χ2n) is 4.45. The molecule has 2 rings (SSSR count). The van der Waals surface area contributed by atoms with Crippen molar-refractivity contribution < 1.29 is 18.7 Å². The van der Waals surface area contributed by atoms with Crippen molar-refractivity contribution in [3.05, 3.63) is 40.6 Å². The zero-order valence-electron chi connectivity index (χ0n) is 11.5. The molecule has 2 aromatic heterocycles. The van der Waals surface area contributed by atoms with Gasteiger partial charge in [0.15, 0.2) is 0 Å². The first-order chi connectivity index (χ1) is 10.4. The highest BCUT2D eigenvalue weighted by molar-refractivity contribution is 5.93. The third-order valence-corrected chi connectivity index (χ3v) is 2.79. The number of aliphatic hydroxyl groups excluding tert-OH is 1. The minimum absolute atomic E-state index is 0.277. The summed E-state index contributed by atoms with van der Waals surface area (Å²) >= 11 is 0. The van der Waals surface area contributed by atoms with Crippen LogP contribution in [0.25, 0.3) is 5.69 Å². The number of nitrogens with zero attached hydrogens (tertiary/aromatic N) is 4. The molecule has 10 heteroatoms. The first-order valence-electron chi connectivity index (χ1n) is 6.22. The van der Waals surface area contributed by atoms with Crippen LogP contribution in [0.4, 0.5) is 8.78 Å². The van der Waals surface area contributed by atoms with Crippen LogP contribution >= 0.6 is 0 Å². The van der Waals surface area contributed by atoms with Gasteiger partial charge in [0.25, 0.3) is 17.9 Å². The van der Waals surface area contributed by atoms with Gasteiger partial charge in [-0.1, -0.05) is 0 Å². The predicted molar refractivity (Wildman–Crippen MR) is 70.9 cm³/mol. The lowest BCUT2D eigenvalue weighted by atomic mass is 10.2. The standard InChI is InChI=1S/C12H13F2N5O3/c1-18-6-7(4-17-18)19-12(22)8(2-3-16-19)11(21)15-5-9(20)10(13)14/h2-4,6,9-10,20H,5H2,1H3,(H,15,21). The van der Waals surface area contributed by atoms with Crippen LogP contribution in [0.1, 0.15) is 10.4 Å². The van der Waals surface area contributed by atoms with Gasteiger partial charge in [-0.2, -0.15) is 14.9 Å². The van der Waals surface area contributed by atoms with Crippen molar-refractivity contribution in [1.82, 2.24) is 24.9 Å². The molecule has 22 heavy (non-hydrogen) atoms. The van der Waals surface area contributed by atoms with Crippen LogP contribution < -0.4 is 10.9 Å². The first-order valence-corrected chi connectivity index (χ1v) is 6.22. The Morgan fingerprint density at radius 2 is 2.18 bits per heavy atom. The van der Waals surface area contributed by atoms with Gasteiger partial charge < -0.3 is 10.4 Å². The maximum atomic E-state index is 12.2. The number of hydrogen-bond acceptors (Lipinski definition) is 5. The minimum Gasteiger partial charge on any atom is -0.385 e. The van der Waals surface area contributed by atoms with Gasteiger partial charge in [0, 0.05) is 19.8 Å². The summed E-state index contributed by atoms with van der Waals surface area (Å²) in [4.78, 5) is 24.0. The van der Waals surface area contributed by atoms with E-state index >= 15 is 0 Å². The smallest absolute Gasteiger partial charge is 0.284 e. The van der Waals surface area contributed by atoms with Gasteiger partial charge >= 0.3 is 0 Å². The highest BCUT2D eigenvalue weighted by atomic mass is 19.3. The summed E-state index contributed by atoms with van der Waals surface area (Å²) in [6.07, 6.45) is -0.837. The van der Waals surface area contributed by atoms with E-state index in [2.05, 4.69) is 15.5 Å². The third kappa shape index (κ3) is 3.34. The van der Waals surface area contributed by atoms with Crippen molar-refractivity contribution in [3.63, 3.8) is 0 Å². The molecule has 0 spiro atoms. The van der Waals surface area contributed by atoms with Gasteiger partial charge in [-0.15, -0.1) is 0 Å². The van der Waals surface area contributed by atoms with Gasteiger partial charge in [0.1, 0.15) is 17.4 Å². The Morgan fingerprint density at radius 1 is 1.45 bits per heavy atom. The summed E-state index contributed by atoms with van der Waals surface area (Å²) in [6, 6.07) is 1.17. The molecule has 0 saturated heterocycles. The molecule has 118 valence electrons. The Bertz CT molecular complexity index is 728. The zero-order chi connectivity index (χ0) is 16.3. The van der Waals surface area contributed by atoms with Crippen LogP contribution in [0.5, 0.6) is 0 Å². The Labute approximate surface area is 123 Å². The number of aromatic nitrogens is 4. The van der Waals surface area contributed by atoms with Crippen LogP contribution in [0, 0.1) is 0 Å². The van der Waals surface area contributed by atoms with E-state index < -0.39 is 30.5 Å². The summed E-state index contributed by atoms with van der Waals surface area (Å²) < 4.78 is 26.7. The van der Waals surface area contributed by atoms with Crippen molar-refractivity contribution in [1.29, 1.82) is 0 Å². The van der Waals surface area contributed by atoms with Crippen molar-refractivity contribution >= 4 is 5.91 Å². The van der Waals surface area contributed by atoms with Crippen molar-refractivity contribution in [2.24, 2.45) is 7.05 Å². The minimum atomic E-state index is -2.98. The molecule has 0 fully saturated rings. The second-order valence-corrected chi connectivity index (χ2v) is 4.45. The van der Waals surface area contributed by atoms with E-state index in [1.54, 1.807) is 7.05 Å². The van der Waals surface area contributed by atoms with Crippen molar-refractivity contribution in [2.75, 3.05) is 6.54 Å². The molecule has 2 aromatic rings. The number of amides is 1. The molecule has 1 unspecified atom stereocenters. The van der Waals surface area contributed by atoms with Gasteiger partial charge in [-0.05, 0) is 6.07 Å². The monoisotopic (exact) mass is 313 g/mol. The molecular formula is C12H13F2N5O3. The van der Waals surface area contributed by atoms with E-state index in [-0.39, 0.29) is 5.56 Å². The maximum Gasteiger partial charge on any atom is 0.284 e. The highest BCUT2D eigenvalue weighted by Crippen LogP contribution is 2.02. The SMILES string of the molecule is Cn1cc(-n2nccc(C(=O)NCC(O)C(F)F)c2=O)cn1. The number of carbonyl (C=O) groups excluding carboxylic acids is 1. The van der Waals surface area contributed by atoms with E-state index in [1.807, 2.05) is 0 Å². The lowest BCUT2D eigenvalue weighted by Crippen LogP contribution is -2.39. The number of nitrogens with one attached hydrogen (secondary N) is 1. The van der Waals surface area contributed by atoms with E-state index in [0.717, 1.165) is 4.68 Å². The molecule has 0 aliphatic rings. The zero-order valence-corrected chi connectivity index (χ0v) is 11.5. The normalized spacial score (nSPS) is 12.4.